The van der Waals surface area contributed by atoms with E-state index in [0.29, 0.717) is 0 Å². The smallest absolute Gasteiger partial charge is 0.230 e. The molecule has 1 atom stereocenters. The zero-order valence-corrected chi connectivity index (χ0v) is 14.1. The monoisotopic (exact) mass is 367 g/mol. The van der Waals surface area contributed by atoms with Gasteiger partial charge in [-0.3, -0.25) is 4.79 Å². The summed E-state index contributed by atoms with van der Waals surface area (Å²) in [6, 6.07) is 0. The molecule has 0 heterocycles. The molecular weight excluding hydrogens is 337 g/mol. The Balaban J connectivity index is 3.05. The molecule has 0 fully saturated rings. The Morgan fingerprint density at radius 2 is 1.28 bits per heavy atom. The second-order valence-corrected chi connectivity index (χ2v) is 6.70. The zero-order valence-electron chi connectivity index (χ0n) is 11.9. The fourth-order valence-electron chi connectivity index (χ4n) is 2.13. The third-order valence-electron chi connectivity index (χ3n) is 3.37. The molecule has 3 heteroatoms. The molecule has 0 spiro atoms. The molecule has 0 aromatic rings. The second kappa shape index (κ2) is 13.6. The molecule has 0 aliphatic heterocycles. The van der Waals surface area contributed by atoms with Crippen LogP contribution in [-0.2, 0) is 4.79 Å². The molecule has 108 valence electrons. The SMILES string of the molecule is CCCCCCCCCCCCCC(I)C(N)=O. The van der Waals surface area contributed by atoms with Gasteiger partial charge in [-0.1, -0.05) is 100 Å². The van der Waals surface area contributed by atoms with Crippen molar-refractivity contribution in [1.29, 1.82) is 0 Å². The molecule has 0 saturated carbocycles. The lowest BCUT2D eigenvalue weighted by atomic mass is 10.0. The predicted octanol–water partition coefficient (Wildman–Crippen LogP) is 4.98. The minimum absolute atomic E-state index is 0.0289. The quantitative estimate of drug-likeness (QED) is 0.279. The first-order valence-corrected chi connectivity index (χ1v) is 8.86. The van der Waals surface area contributed by atoms with Gasteiger partial charge in [0.2, 0.25) is 5.91 Å². The minimum Gasteiger partial charge on any atom is -0.369 e. The van der Waals surface area contributed by atoms with Gasteiger partial charge in [0.25, 0.3) is 0 Å². The van der Waals surface area contributed by atoms with Crippen molar-refractivity contribution in [2.45, 2.75) is 87.9 Å². The highest BCUT2D eigenvalue weighted by atomic mass is 127. The Labute approximate surface area is 127 Å². The standard InChI is InChI=1S/C15H30INO/c1-2-3-4-5-6-7-8-9-10-11-12-13-14(16)15(17)18/h14H,2-13H2,1H3,(H2,17,18). The molecule has 0 aromatic carbocycles. The van der Waals surface area contributed by atoms with Crippen molar-refractivity contribution < 1.29 is 4.79 Å². The van der Waals surface area contributed by atoms with Crippen molar-refractivity contribution in [3.05, 3.63) is 0 Å². The first-order valence-electron chi connectivity index (χ1n) is 7.62. The normalized spacial score (nSPS) is 12.6. The number of unbranched alkanes of at least 4 members (excludes halogenated alkanes) is 10. The first kappa shape index (κ1) is 18.2. The van der Waals surface area contributed by atoms with E-state index >= 15 is 0 Å². The van der Waals surface area contributed by atoms with Gasteiger partial charge < -0.3 is 5.73 Å². The Bertz CT molecular complexity index is 197. The molecule has 0 aliphatic carbocycles. The van der Waals surface area contributed by atoms with Gasteiger partial charge in [0, 0.05) is 0 Å². The fraction of sp³-hybridized carbons (Fsp3) is 0.933. The summed E-state index contributed by atoms with van der Waals surface area (Å²) in [4.78, 5) is 10.8. The Morgan fingerprint density at radius 1 is 0.889 bits per heavy atom. The van der Waals surface area contributed by atoms with Gasteiger partial charge in [-0.05, 0) is 6.42 Å². The molecule has 0 saturated heterocycles. The minimum atomic E-state index is -0.164. The van der Waals surface area contributed by atoms with Gasteiger partial charge in [-0.2, -0.15) is 0 Å². The van der Waals surface area contributed by atoms with Crippen LogP contribution >= 0.6 is 22.6 Å². The number of amides is 1. The van der Waals surface area contributed by atoms with Crippen molar-refractivity contribution in [2.75, 3.05) is 0 Å². The van der Waals surface area contributed by atoms with E-state index in [1.54, 1.807) is 0 Å². The largest absolute Gasteiger partial charge is 0.369 e. The maximum Gasteiger partial charge on any atom is 0.230 e. The number of carbonyl (C=O) groups is 1. The summed E-state index contributed by atoms with van der Waals surface area (Å²) in [7, 11) is 0. The molecule has 0 bridgehead atoms. The van der Waals surface area contributed by atoms with Gasteiger partial charge in [0.15, 0.2) is 0 Å². The maximum absolute atomic E-state index is 10.8. The molecule has 1 unspecified atom stereocenters. The van der Waals surface area contributed by atoms with Crippen LogP contribution in [0.1, 0.15) is 84.0 Å². The van der Waals surface area contributed by atoms with Crippen LogP contribution in [0.3, 0.4) is 0 Å². The second-order valence-electron chi connectivity index (χ2n) is 5.19. The van der Waals surface area contributed by atoms with Gasteiger partial charge in [0.1, 0.15) is 0 Å². The predicted molar refractivity (Wildman–Crippen MR) is 88.1 cm³/mol. The highest BCUT2D eigenvalue weighted by Gasteiger charge is 2.08. The van der Waals surface area contributed by atoms with E-state index in [4.69, 9.17) is 5.73 Å². The lowest BCUT2D eigenvalue weighted by molar-refractivity contribution is -0.117. The van der Waals surface area contributed by atoms with E-state index in [-0.39, 0.29) is 9.83 Å². The first-order chi connectivity index (χ1) is 8.68. The number of halogens is 1. The number of nitrogens with two attached hydrogens (primary N) is 1. The van der Waals surface area contributed by atoms with Crippen molar-refractivity contribution in [3.8, 4) is 0 Å². The van der Waals surface area contributed by atoms with Crippen molar-refractivity contribution in [1.82, 2.24) is 0 Å². The van der Waals surface area contributed by atoms with E-state index in [0.717, 1.165) is 12.8 Å². The number of carbonyl (C=O) groups excluding carboxylic acids is 1. The van der Waals surface area contributed by atoms with Crippen molar-refractivity contribution >= 4 is 28.5 Å². The van der Waals surface area contributed by atoms with Crippen LogP contribution in [0.2, 0.25) is 0 Å². The van der Waals surface area contributed by atoms with Gasteiger partial charge in [-0.25, -0.2) is 0 Å². The summed E-state index contributed by atoms with van der Waals surface area (Å²) in [5.74, 6) is -0.164. The van der Waals surface area contributed by atoms with Crippen LogP contribution in [0, 0.1) is 0 Å². The summed E-state index contributed by atoms with van der Waals surface area (Å²) in [6.07, 6.45) is 15.8. The highest BCUT2D eigenvalue weighted by Crippen LogP contribution is 2.14. The molecule has 0 aliphatic rings. The molecule has 0 aromatic heterocycles. The summed E-state index contributed by atoms with van der Waals surface area (Å²) >= 11 is 2.15. The van der Waals surface area contributed by atoms with E-state index in [2.05, 4.69) is 29.5 Å². The van der Waals surface area contributed by atoms with Crippen LogP contribution < -0.4 is 5.73 Å². The van der Waals surface area contributed by atoms with Crippen LogP contribution in [0.5, 0.6) is 0 Å². The lowest BCUT2D eigenvalue weighted by Crippen LogP contribution is -2.22. The summed E-state index contributed by atoms with van der Waals surface area (Å²) in [6.45, 7) is 2.26. The van der Waals surface area contributed by atoms with E-state index in [9.17, 15) is 4.79 Å². The number of primary amides is 1. The zero-order chi connectivity index (χ0) is 13.6. The van der Waals surface area contributed by atoms with Gasteiger partial charge in [0.05, 0.1) is 3.92 Å². The number of hydrogen-bond donors (Lipinski definition) is 1. The van der Waals surface area contributed by atoms with E-state index in [1.807, 2.05) is 0 Å². The third kappa shape index (κ3) is 12.7. The molecule has 0 radical (unpaired) electrons. The lowest BCUT2D eigenvalue weighted by Gasteiger charge is -2.05. The van der Waals surface area contributed by atoms with Crippen molar-refractivity contribution in [3.63, 3.8) is 0 Å². The van der Waals surface area contributed by atoms with E-state index < -0.39 is 0 Å². The average Bonchev–Trinajstić information content (AvgIpc) is 2.35. The fourth-order valence-corrected chi connectivity index (χ4v) is 2.57. The summed E-state index contributed by atoms with van der Waals surface area (Å²) in [5.41, 5.74) is 5.22. The highest BCUT2D eigenvalue weighted by molar-refractivity contribution is 14.1. The van der Waals surface area contributed by atoms with E-state index in [1.165, 1.54) is 64.2 Å². The molecule has 2 nitrogen and oxygen atoms in total. The maximum atomic E-state index is 10.8. The third-order valence-corrected chi connectivity index (χ3v) is 4.61. The number of alkyl halides is 1. The molecule has 1 amide bonds. The Hall–Kier alpha value is 0.200. The molecular formula is C15H30INO. The number of hydrogen-bond acceptors (Lipinski definition) is 1. The van der Waals surface area contributed by atoms with Gasteiger partial charge in [-0.15, -0.1) is 0 Å². The molecule has 2 N–H and O–H groups in total. The average molecular weight is 367 g/mol. The summed E-state index contributed by atoms with van der Waals surface area (Å²) in [5, 5.41) is 0. The van der Waals surface area contributed by atoms with Crippen LogP contribution in [0.4, 0.5) is 0 Å². The Kier molecular flexibility index (Phi) is 13.8. The van der Waals surface area contributed by atoms with Crippen LogP contribution in [-0.4, -0.2) is 9.83 Å². The number of rotatable bonds is 13. The van der Waals surface area contributed by atoms with Gasteiger partial charge >= 0.3 is 0 Å². The summed E-state index contributed by atoms with van der Waals surface area (Å²) < 4.78 is 0.0289. The van der Waals surface area contributed by atoms with Crippen molar-refractivity contribution in [2.24, 2.45) is 5.73 Å². The molecule has 18 heavy (non-hydrogen) atoms. The van der Waals surface area contributed by atoms with Crippen LogP contribution in [0.25, 0.3) is 0 Å². The van der Waals surface area contributed by atoms with Crippen LogP contribution in [0.15, 0.2) is 0 Å². The Morgan fingerprint density at radius 3 is 1.67 bits per heavy atom. The topological polar surface area (TPSA) is 43.1 Å². The molecule has 0 rings (SSSR count).